The predicted molar refractivity (Wildman–Crippen MR) is 76.2 cm³/mol. The van der Waals surface area contributed by atoms with Crippen LogP contribution in [0.5, 0.6) is 0 Å². The second-order valence-electron chi connectivity index (χ2n) is 4.90. The Hall–Kier alpha value is -1.19. The van der Waals surface area contributed by atoms with Gasteiger partial charge in [-0.2, -0.15) is 0 Å². The van der Waals surface area contributed by atoms with Crippen LogP contribution in [0.3, 0.4) is 0 Å². The molecule has 0 radical (unpaired) electrons. The first kappa shape index (κ1) is 11.9. The van der Waals surface area contributed by atoms with Crippen molar-refractivity contribution in [3.05, 3.63) is 35.2 Å². The quantitative estimate of drug-likeness (QED) is 0.917. The molecule has 18 heavy (non-hydrogen) atoms. The number of carbonyl (C=O) groups excluding carboxylic acids is 1. The summed E-state index contributed by atoms with van der Waals surface area (Å²) < 4.78 is 1.27. The van der Waals surface area contributed by atoms with Crippen LogP contribution in [0.25, 0.3) is 10.1 Å². The average Bonchev–Trinajstić information content (AvgIpc) is 2.83. The molecule has 0 bridgehead atoms. The number of rotatable bonds is 3. The number of nitrogens with one attached hydrogen (secondary N) is 1. The molecule has 1 saturated heterocycles. The third-order valence-corrected chi connectivity index (χ3v) is 4.64. The third kappa shape index (κ3) is 2.33. The van der Waals surface area contributed by atoms with Gasteiger partial charge < -0.3 is 5.32 Å². The minimum absolute atomic E-state index is 0.0809. The SMILES string of the molecule is O=C(Cc1csc2ccccc12)C1CCCCN1. The molecule has 2 heterocycles. The summed E-state index contributed by atoms with van der Waals surface area (Å²) in [5.41, 5.74) is 1.19. The van der Waals surface area contributed by atoms with Crippen LogP contribution >= 0.6 is 11.3 Å². The van der Waals surface area contributed by atoms with Crippen molar-refractivity contribution >= 4 is 27.2 Å². The fraction of sp³-hybridized carbons (Fsp3) is 0.400. The zero-order valence-corrected chi connectivity index (χ0v) is 11.1. The van der Waals surface area contributed by atoms with Crippen LogP contribution in [-0.2, 0) is 11.2 Å². The van der Waals surface area contributed by atoms with Crippen molar-refractivity contribution in [3.8, 4) is 0 Å². The predicted octanol–water partition coefficient (Wildman–Crippen LogP) is 3.16. The summed E-state index contributed by atoms with van der Waals surface area (Å²) in [5, 5.41) is 6.71. The van der Waals surface area contributed by atoms with E-state index >= 15 is 0 Å². The number of piperidine rings is 1. The van der Waals surface area contributed by atoms with Gasteiger partial charge in [0, 0.05) is 11.1 Å². The Morgan fingerprint density at radius 2 is 2.22 bits per heavy atom. The molecule has 1 aromatic heterocycles. The number of benzene rings is 1. The highest BCUT2D eigenvalue weighted by Gasteiger charge is 2.21. The number of thiophene rings is 1. The van der Waals surface area contributed by atoms with Gasteiger partial charge >= 0.3 is 0 Å². The molecule has 0 saturated carbocycles. The molecule has 2 nitrogen and oxygen atoms in total. The van der Waals surface area contributed by atoms with Gasteiger partial charge in [-0.15, -0.1) is 11.3 Å². The van der Waals surface area contributed by atoms with Gasteiger partial charge in [0.05, 0.1) is 6.04 Å². The molecule has 1 aromatic carbocycles. The lowest BCUT2D eigenvalue weighted by Crippen LogP contribution is -2.41. The van der Waals surface area contributed by atoms with Crippen LogP contribution < -0.4 is 5.32 Å². The van der Waals surface area contributed by atoms with Crippen molar-refractivity contribution in [1.82, 2.24) is 5.32 Å². The number of carbonyl (C=O) groups is 1. The molecule has 2 aromatic rings. The number of hydrogen-bond donors (Lipinski definition) is 1. The highest BCUT2D eigenvalue weighted by Crippen LogP contribution is 2.26. The first-order chi connectivity index (χ1) is 8.84. The van der Waals surface area contributed by atoms with Crippen molar-refractivity contribution in [1.29, 1.82) is 0 Å². The lowest BCUT2D eigenvalue weighted by molar-refractivity contribution is -0.120. The van der Waals surface area contributed by atoms with E-state index in [1.165, 1.54) is 28.5 Å². The van der Waals surface area contributed by atoms with E-state index in [0.717, 1.165) is 13.0 Å². The van der Waals surface area contributed by atoms with E-state index in [1.807, 2.05) is 12.1 Å². The highest BCUT2D eigenvalue weighted by molar-refractivity contribution is 7.17. The maximum Gasteiger partial charge on any atom is 0.154 e. The van der Waals surface area contributed by atoms with Crippen LogP contribution in [0.2, 0.25) is 0 Å². The molecule has 94 valence electrons. The molecular weight excluding hydrogens is 242 g/mol. The molecule has 1 atom stereocenters. The number of hydrogen-bond acceptors (Lipinski definition) is 3. The van der Waals surface area contributed by atoms with Crippen molar-refractivity contribution in [2.45, 2.75) is 31.7 Å². The maximum absolute atomic E-state index is 12.3. The van der Waals surface area contributed by atoms with E-state index < -0.39 is 0 Å². The van der Waals surface area contributed by atoms with Gasteiger partial charge in [0.25, 0.3) is 0 Å². The summed E-state index contributed by atoms with van der Waals surface area (Å²) in [6.45, 7) is 0.987. The summed E-state index contributed by atoms with van der Waals surface area (Å²) in [6, 6.07) is 8.40. The van der Waals surface area contributed by atoms with Gasteiger partial charge in [-0.3, -0.25) is 4.79 Å². The molecule has 0 aliphatic carbocycles. The van der Waals surface area contributed by atoms with Crippen LogP contribution in [0, 0.1) is 0 Å². The molecule has 0 amide bonds. The summed E-state index contributed by atoms with van der Waals surface area (Å²) in [6.07, 6.45) is 3.95. The number of ketones is 1. The minimum atomic E-state index is 0.0809. The Bertz CT molecular complexity index is 554. The molecule has 1 aliphatic rings. The third-order valence-electron chi connectivity index (χ3n) is 3.62. The molecular formula is C15H17NOS. The molecule has 1 unspecified atom stereocenters. The normalized spacial score (nSPS) is 20.1. The Balaban J connectivity index is 1.77. The van der Waals surface area contributed by atoms with Crippen LogP contribution in [0.15, 0.2) is 29.6 Å². The highest BCUT2D eigenvalue weighted by atomic mass is 32.1. The van der Waals surface area contributed by atoms with Crippen LogP contribution in [0.1, 0.15) is 24.8 Å². The van der Waals surface area contributed by atoms with Gasteiger partial charge in [-0.1, -0.05) is 24.6 Å². The zero-order chi connectivity index (χ0) is 12.4. The Kier molecular flexibility index (Phi) is 3.43. The number of fused-ring (bicyclic) bond motifs is 1. The smallest absolute Gasteiger partial charge is 0.154 e. The van der Waals surface area contributed by atoms with Crippen molar-refractivity contribution in [2.75, 3.05) is 6.54 Å². The molecule has 1 N–H and O–H groups in total. The van der Waals surface area contributed by atoms with Gasteiger partial charge in [-0.05, 0) is 41.8 Å². The minimum Gasteiger partial charge on any atom is -0.307 e. The van der Waals surface area contributed by atoms with Crippen LogP contribution in [0.4, 0.5) is 0 Å². The van der Waals surface area contributed by atoms with E-state index in [0.29, 0.717) is 12.2 Å². The molecule has 0 spiro atoms. The lowest BCUT2D eigenvalue weighted by atomic mass is 9.96. The fourth-order valence-corrected chi connectivity index (χ4v) is 3.57. The van der Waals surface area contributed by atoms with Crippen molar-refractivity contribution < 1.29 is 4.79 Å². The van der Waals surface area contributed by atoms with Gasteiger partial charge in [0.2, 0.25) is 0 Å². The van der Waals surface area contributed by atoms with Gasteiger partial charge in [-0.25, -0.2) is 0 Å². The zero-order valence-electron chi connectivity index (χ0n) is 10.3. The van der Waals surface area contributed by atoms with Gasteiger partial charge in [0.15, 0.2) is 5.78 Å². The summed E-state index contributed by atoms with van der Waals surface area (Å²) in [7, 11) is 0. The molecule has 1 aliphatic heterocycles. The molecule has 3 heteroatoms. The maximum atomic E-state index is 12.3. The summed E-state index contributed by atoms with van der Waals surface area (Å²) >= 11 is 1.73. The van der Waals surface area contributed by atoms with E-state index in [9.17, 15) is 4.79 Å². The fourth-order valence-electron chi connectivity index (χ4n) is 2.61. The second kappa shape index (κ2) is 5.21. The van der Waals surface area contributed by atoms with E-state index in [1.54, 1.807) is 11.3 Å². The van der Waals surface area contributed by atoms with E-state index in [2.05, 4.69) is 22.8 Å². The first-order valence-corrected chi connectivity index (χ1v) is 7.44. The largest absolute Gasteiger partial charge is 0.307 e. The Morgan fingerprint density at radius 1 is 1.33 bits per heavy atom. The van der Waals surface area contributed by atoms with Crippen molar-refractivity contribution in [3.63, 3.8) is 0 Å². The molecule has 1 fully saturated rings. The topological polar surface area (TPSA) is 29.1 Å². The van der Waals surface area contributed by atoms with Crippen molar-refractivity contribution in [2.24, 2.45) is 0 Å². The summed E-state index contributed by atoms with van der Waals surface area (Å²) in [5.74, 6) is 0.346. The Morgan fingerprint density at radius 3 is 3.06 bits per heavy atom. The monoisotopic (exact) mass is 259 g/mol. The second-order valence-corrected chi connectivity index (χ2v) is 5.81. The first-order valence-electron chi connectivity index (χ1n) is 6.56. The van der Waals surface area contributed by atoms with E-state index in [4.69, 9.17) is 0 Å². The summed E-state index contributed by atoms with van der Waals surface area (Å²) in [4.78, 5) is 12.3. The van der Waals surface area contributed by atoms with Gasteiger partial charge in [0.1, 0.15) is 0 Å². The average molecular weight is 259 g/mol. The molecule has 3 rings (SSSR count). The standard InChI is InChI=1S/C15H17NOS/c17-14(13-6-3-4-8-16-13)9-11-10-18-15-7-2-1-5-12(11)15/h1-2,5,7,10,13,16H,3-4,6,8-9H2. The number of Topliss-reactive ketones (excluding diaryl/α,β-unsaturated/α-hetero) is 1. The van der Waals surface area contributed by atoms with E-state index in [-0.39, 0.29) is 6.04 Å². The Labute approximate surface area is 111 Å². The van der Waals surface area contributed by atoms with Crippen LogP contribution in [-0.4, -0.2) is 18.4 Å². The lowest BCUT2D eigenvalue weighted by Gasteiger charge is -2.22.